The van der Waals surface area contributed by atoms with Crippen molar-refractivity contribution in [1.29, 1.82) is 5.26 Å². The molecule has 1 spiro atoms. The number of carbonyl (C=O) groups excluding carboxylic acids is 3. The molecule has 8 heteroatoms. The molecule has 0 bridgehead atoms. The molecule has 3 amide bonds. The van der Waals surface area contributed by atoms with Crippen LogP contribution in [0.1, 0.15) is 48.2 Å². The van der Waals surface area contributed by atoms with E-state index in [0.29, 0.717) is 24.1 Å². The van der Waals surface area contributed by atoms with Crippen LogP contribution in [0.3, 0.4) is 0 Å². The van der Waals surface area contributed by atoms with Gasteiger partial charge in [-0.3, -0.25) is 14.4 Å². The molecule has 0 aromatic heterocycles. The van der Waals surface area contributed by atoms with Crippen LogP contribution in [-0.2, 0) is 21.4 Å². The highest BCUT2D eigenvalue weighted by Crippen LogP contribution is 2.46. The lowest BCUT2D eigenvalue weighted by Crippen LogP contribution is -2.55. The molecule has 3 aliphatic heterocycles. The number of carbonyl (C=O) groups is 3. The number of likely N-dealkylation sites (tertiary alicyclic amines) is 1. The lowest BCUT2D eigenvalue weighted by atomic mass is 9.80. The summed E-state index contributed by atoms with van der Waals surface area (Å²) in [5, 5.41) is 12.8. The second-order valence-corrected chi connectivity index (χ2v) is 10.1. The fourth-order valence-electron chi connectivity index (χ4n) is 5.78. The number of para-hydroxylation sites is 1. The minimum Gasteiger partial charge on any atom is -0.326 e. The predicted octanol–water partition coefficient (Wildman–Crippen LogP) is 3.25. The topological polar surface area (TPSA) is 93.5 Å². The van der Waals surface area contributed by atoms with E-state index < -0.39 is 23.3 Å². The Morgan fingerprint density at radius 2 is 2.00 bits per heavy atom. The molecule has 1 N–H and O–H groups in total. The smallest absolute Gasteiger partial charge is 0.254 e. The Bertz CT molecular complexity index is 1270. The van der Waals surface area contributed by atoms with Gasteiger partial charge < -0.3 is 15.1 Å². The zero-order valence-electron chi connectivity index (χ0n) is 19.8. The molecule has 3 atom stereocenters. The van der Waals surface area contributed by atoms with Crippen molar-refractivity contribution in [3.05, 3.63) is 65.0 Å². The van der Waals surface area contributed by atoms with Crippen LogP contribution in [0.15, 0.2) is 42.5 Å². The van der Waals surface area contributed by atoms with Crippen molar-refractivity contribution in [3.8, 4) is 6.07 Å². The van der Waals surface area contributed by atoms with Gasteiger partial charge in [-0.2, -0.15) is 5.26 Å². The highest BCUT2D eigenvalue weighted by molar-refractivity contribution is 6.07. The van der Waals surface area contributed by atoms with Gasteiger partial charge in [0.15, 0.2) is 0 Å². The Balaban J connectivity index is 1.49. The SMILES string of the molecule is CC(C)C[C@@H](C(=O)N1C[C@]2(CC1C#N)C(=O)Nc1ccccc12)N1CCc2c(F)cccc2C1=O. The second-order valence-electron chi connectivity index (χ2n) is 10.1. The standard InChI is InChI=1S/C27H27FN4O3/c1-16(2)12-23(31-11-10-18-19(24(31)33)6-5-8-21(18)28)25(34)32-15-27(13-17(32)14-29)20-7-3-4-9-22(20)30-26(27)35/h3-9,16-17,23H,10-13,15H2,1-2H3,(H,30,35)/t17?,23-,27-/m0/s1. The predicted molar refractivity (Wildman–Crippen MR) is 127 cm³/mol. The first-order valence-electron chi connectivity index (χ1n) is 12.0. The number of rotatable bonds is 4. The molecule has 0 radical (unpaired) electrons. The van der Waals surface area contributed by atoms with Crippen LogP contribution >= 0.6 is 0 Å². The number of amides is 3. The lowest BCUT2D eigenvalue weighted by molar-refractivity contribution is -0.137. The monoisotopic (exact) mass is 474 g/mol. The maximum atomic E-state index is 14.3. The molecule has 0 aliphatic carbocycles. The molecule has 3 aliphatic rings. The number of halogens is 1. The van der Waals surface area contributed by atoms with Crippen molar-refractivity contribution in [3.63, 3.8) is 0 Å². The van der Waals surface area contributed by atoms with Gasteiger partial charge in [-0.15, -0.1) is 0 Å². The van der Waals surface area contributed by atoms with Crippen LogP contribution in [0.25, 0.3) is 0 Å². The summed E-state index contributed by atoms with van der Waals surface area (Å²) in [6.07, 6.45) is 0.922. The van der Waals surface area contributed by atoms with E-state index in [0.717, 1.165) is 5.56 Å². The van der Waals surface area contributed by atoms with Gasteiger partial charge in [-0.1, -0.05) is 38.1 Å². The van der Waals surface area contributed by atoms with Crippen LogP contribution < -0.4 is 5.32 Å². The first-order chi connectivity index (χ1) is 16.8. The van der Waals surface area contributed by atoms with Crippen molar-refractivity contribution >= 4 is 23.4 Å². The van der Waals surface area contributed by atoms with E-state index in [9.17, 15) is 24.0 Å². The molecule has 1 fully saturated rings. The van der Waals surface area contributed by atoms with Crippen molar-refractivity contribution in [2.24, 2.45) is 5.92 Å². The third-order valence-corrected chi connectivity index (χ3v) is 7.48. The number of nitrogens with one attached hydrogen (secondary N) is 1. The van der Waals surface area contributed by atoms with Crippen molar-refractivity contribution < 1.29 is 18.8 Å². The Kier molecular flexibility index (Phi) is 5.59. The van der Waals surface area contributed by atoms with Gasteiger partial charge in [0, 0.05) is 36.3 Å². The maximum absolute atomic E-state index is 14.3. The molecule has 2 aromatic rings. The van der Waals surface area contributed by atoms with Crippen LogP contribution in [0.5, 0.6) is 0 Å². The van der Waals surface area contributed by atoms with Gasteiger partial charge in [-0.05, 0) is 42.5 Å². The van der Waals surface area contributed by atoms with Crippen LogP contribution in [0.4, 0.5) is 10.1 Å². The van der Waals surface area contributed by atoms with Gasteiger partial charge in [0.25, 0.3) is 5.91 Å². The zero-order chi connectivity index (χ0) is 24.9. The summed E-state index contributed by atoms with van der Waals surface area (Å²) >= 11 is 0. The average molecular weight is 475 g/mol. The summed E-state index contributed by atoms with van der Waals surface area (Å²) in [5.74, 6) is -1.26. The van der Waals surface area contributed by atoms with Gasteiger partial charge >= 0.3 is 0 Å². The van der Waals surface area contributed by atoms with E-state index in [1.165, 1.54) is 21.9 Å². The van der Waals surface area contributed by atoms with E-state index in [-0.39, 0.29) is 48.7 Å². The van der Waals surface area contributed by atoms with Gasteiger partial charge in [-0.25, -0.2) is 4.39 Å². The highest BCUT2D eigenvalue weighted by atomic mass is 19.1. The minimum absolute atomic E-state index is 0.0781. The molecule has 5 rings (SSSR count). The quantitative estimate of drug-likeness (QED) is 0.736. The summed E-state index contributed by atoms with van der Waals surface area (Å²) in [5.41, 5.74) is 1.15. The number of nitriles is 1. The highest BCUT2D eigenvalue weighted by Gasteiger charge is 2.57. The van der Waals surface area contributed by atoms with Crippen molar-refractivity contribution in [2.75, 3.05) is 18.4 Å². The summed E-state index contributed by atoms with van der Waals surface area (Å²) < 4.78 is 14.3. The molecule has 1 saturated heterocycles. The Hall–Kier alpha value is -3.73. The fourth-order valence-corrected chi connectivity index (χ4v) is 5.78. The molecule has 1 unspecified atom stereocenters. The van der Waals surface area contributed by atoms with Crippen LogP contribution in [-0.4, -0.2) is 52.7 Å². The summed E-state index contributed by atoms with van der Waals surface area (Å²) in [7, 11) is 0. The molecule has 2 aromatic carbocycles. The number of fused-ring (bicyclic) bond motifs is 3. The Labute approximate surface area is 203 Å². The van der Waals surface area contributed by atoms with Crippen LogP contribution in [0, 0.1) is 23.1 Å². The number of benzene rings is 2. The van der Waals surface area contributed by atoms with E-state index >= 15 is 0 Å². The van der Waals surface area contributed by atoms with E-state index in [2.05, 4.69) is 11.4 Å². The molecule has 35 heavy (non-hydrogen) atoms. The zero-order valence-corrected chi connectivity index (χ0v) is 19.8. The average Bonchev–Trinajstić information content (AvgIpc) is 3.36. The largest absolute Gasteiger partial charge is 0.326 e. The lowest BCUT2D eigenvalue weighted by Gasteiger charge is -2.38. The summed E-state index contributed by atoms with van der Waals surface area (Å²) in [6.45, 7) is 4.23. The molecule has 3 heterocycles. The molecular weight excluding hydrogens is 447 g/mol. The normalized spacial score (nSPS) is 23.8. The Morgan fingerprint density at radius 1 is 1.23 bits per heavy atom. The van der Waals surface area contributed by atoms with E-state index in [1.54, 1.807) is 6.07 Å². The third-order valence-electron chi connectivity index (χ3n) is 7.48. The van der Waals surface area contributed by atoms with Gasteiger partial charge in [0.2, 0.25) is 11.8 Å². The van der Waals surface area contributed by atoms with Gasteiger partial charge in [0.05, 0.1) is 11.5 Å². The second kappa shape index (κ2) is 8.49. The number of hydrogen-bond acceptors (Lipinski definition) is 4. The van der Waals surface area contributed by atoms with Gasteiger partial charge in [0.1, 0.15) is 17.9 Å². The molecule has 7 nitrogen and oxygen atoms in total. The van der Waals surface area contributed by atoms with Crippen molar-refractivity contribution in [2.45, 2.75) is 50.6 Å². The first-order valence-corrected chi connectivity index (χ1v) is 12.0. The summed E-state index contributed by atoms with van der Waals surface area (Å²) in [6, 6.07) is 12.4. The number of nitrogens with zero attached hydrogens (tertiary/aromatic N) is 3. The molecule has 0 saturated carbocycles. The fraction of sp³-hybridized carbons (Fsp3) is 0.407. The number of hydrogen-bond donors (Lipinski definition) is 1. The van der Waals surface area contributed by atoms with E-state index in [1.807, 2.05) is 38.1 Å². The minimum atomic E-state index is -0.989. The Morgan fingerprint density at radius 3 is 2.74 bits per heavy atom. The van der Waals surface area contributed by atoms with E-state index in [4.69, 9.17) is 0 Å². The maximum Gasteiger partial charge on any atom is 0.254 e. The first kappa shape index (κ1) is 23.0. The summed E-state index contributed by atoms with van der Waals surface area (Å²) in [4.78, 5) is 43.5. The number of anilines is 1. The molecular formula is C27H27FN4O3. The third kappa shape index (κ3) is 3.57. The molecule has 180 valence electrons. The van der Waals surface area contributed by atoms with Crippen LogP contribution in [0.2, 0.25) is 0 Å². The van der Waals surface area contributed by atoms with Crippen molar-refractivity contribution in [1.82, 2.24) is 9.80 Å².